The largest absolute Gasteiger partial charge is 0.325 e. The zero-order chi connectivity index (χ0) is 14.3. The number of nitrogens with one attached hydrogen (secondary N) is 2. The molecule has 0 atom stereocenters. The molecule has 0 aliphatic rings. The Kier molecular flexibility index (Phi) is 6.38. The van der Waals surface area contributed by atoms with Crippen molar-refractivity contribution in [3.8, 4) is 0 Å². The molecule has 1 rings (SSSR count). The van der Waals surface area contributed by atoms with Crippen LogP contribution in [0.4, 0.5) is 14.5 Å². The van der Waals surface area contributed by atoms with Gasteiger partial charge in [0.1, 0.15) is 11.6 Å². The second kappa shape index (κ2) is 7.81. The number of rotatable bonds is 7. The number of likely N-dealkylation sites (N-methyl/N-ethyl adjacent to an activating group) is 1. The van der Waals surface area contributed by atoms with Crippen LogP contribution in [-0.2, 0) is 4.79 Å². The number of carbonyl (C=O) groups excluding carboxylic acids is 1. The van der Waals surface area contributed by atoms with E-state index in [1.807, 2.05) is 19.0 Å². The molecule has 1 aromatic carbocycles. The highest BCUT2D eigenvalue weighted by molar-refractivity contribution is 5.92. The van der Waals surface area contributed by atoms with E-state index in [0.29, 0.717) is 0 Å². The Bertz CT molecular complexity index is 406. The van der Waals surface area contributed by atoms with Gasteiger partial charge in [-0.15, -0.1) is 0 Å². The van der Waals surface area contributed by atoms with E-state index >= 15 is 0 Å². The van der Waals surface area contributed by atoms with E-state index in [4.69, 9.17) is 0 Å². The SMILES string of the molecule is CNCCCN(C)CC(=O)Nc1cc(F)cc(F)c1. The molecular formula is C13H19F2N3O. The normalized spacial score (nSPS) is 10.8. The molecule has 4 nitrogen and oxygen atoms in total. The van der Waals surface area contributed by atoms with Gasteiger partial charge in [-0.05, 0) is 45.7 Å². The molecule has 0 aliphatic carbocycles. The van der Waals surface area contributed by atoms with Crippen LogP contribution in [0.15, 0.2) is 18.2 Å². The lowest BCUT2D eigenvalue weighted by atomic mass is 10.3. The van der Waals surface area contributed by atoms with Gasteiger partial charge >= 0.3 is 0 Å². The third-order valence-electron chi connectivity index (χ3n) is 2.53. The van der Waals surface area contributed by atoms with Crippen LogP contribution in [0.5, 0.6) is 0 Å². The van der Waals surface area contributed by atoms with Gasteiger partial charge in [0.15, 0.2) is 0 Å². The van der Waals surface area contributed by atoms with E-state index in [1.54, 1.807) is 0 Å². The third-order valence-corrected chi connectivity index (χ3v) is 2.53. The minimum Gasteiger partial charge on any atom is -0.325 e. The molecule has 0 radical (unpaired) electrons. The van der Waals surface area contributed by atoms with Gasteiger partial charge in [0, 0.05) is 11.8 Å². The zero-order valence-corrected chi connectivity index (χ0v) is 11.2. The van der Waals surface area contributed by atoms with E-state index in [2.05, 4.69) is 10.6 Å². The molecule has 19 heavy (non-hydrogen) atoms. The Morgan fingerprint density at radius 2 is 1.89 bits per heavy atom. The van der Waals surface area contributed by atoms with E-state index in [0.717, 1.165) is 37.7 Å². The minimum atomic E-state index is -0.710. The summed E-state index contributed by atoms with van der Waals surface area (Å²) < 4.78 is 25.9. The van der Waals surface area contributed by atoms with E-state index in [9.17, 15) is 13.6 Å². The predicted octanol–water partition coefficient (Wildman–Crippen LogP) is 1.44. The molecule has 1 amide bonds. The van der Waals surface area contributed by atoms with Gasteiger partial charge in [0.05, 0.1) is 6.54 Å². The zero-order valence-electron chi connectivity index (χ0n) is 11.2. The van der Waals surface area contributed by atoms with Gasteiger partial charge in [-0.25, -0.2) is 8.78 Å². The van der Waals surface area contributed by atoms with Crippen molar-refractivity contribution in [3.63, 3.8) is 0 Å². The van der Waals surface area contributed by atoms with Crippen molar-refractivity contribution in [3.05, 3.63) is 29.8 Å². The lowest BCUT2D eigenvalue weighted by molar-refractivity contribution is -0.117. The molecule has 0 heterocycles. The van der Waals surface area contributed by atoms with Crippen LogP contribution in [0.2, 0.25) is 0 Å². The summed E-state index contributed by atoms with van der Waals surface area (Å²) in [6.45, 7) is 1.83. The lowest BCUT2D eigenvalue weighted by Gasteiger charge is -2.16. The summed E-state index contributed by atoms with van der Waals surface area (Å²) in [5.74, 6) is -1.72. The van der Waals surface area contributed by atoms with Gasteiger partial charge in [0.2, 0.25) is 5.91 Å². The summed E-state index contributed by atoms with van der Waals surface area (Å²) in [6.07, 6.45) is 0.925. The Morgan fingerprint density at radius 3 is 2.47 bits per heavy atom. The summed E-state index contributed by atoms with van der Waals surface area (Å²) in [5.41, 5.74) is 0.131. The van der Waals surface area contributed by atoms with Gasteiger partial charge in [0.25, 0.3) is 0 Å². The number of benzene rings is 1. The van der Waals surface area contributed by atoms with Crippen molar-refractivity contribution in [2.75, 3.05) is 39.0 Å². The maximum absolute atomic E-state index is 12.9. The number of amides is 1. The molecule has 0 unspecified atom stereocenters. The summed E-state index contributed by atoms with van der Waals surface area (Å²) in [7, 11) is 3.69. The van der Waals surface area contributed by atoms with Gasteiger partial charge in [-0.3, -0.25) is 9.69 Å². The first-order valence-corrected chi connectivity index (χ1v) is 6.10. The van der Waals surface area contributed by atoms with Crippen LogP contribution in [-0.4, -0.2) is 44.5 Å². The second-order valence-corrected chi connectivity index (χ2v) is 4.40. The smallest absolute Gasteiger partial charge is 0.238 e. The predicted molar refractivity (Wildman–Crippen MR) is 71.0 cm³/mol. The van der Waals surface area contributed by atoms with E-state index in [-0.39, 0.29) is 18.1 Å². The monoisotopic (exact) mass is 271 g/mol. The topological polar surface area (TPSA) is 44.4 Å². The van der Waals surface area contributed by atoms with Crippen molar-refractivity contribution < 1.29 is 13.6 Å². The molecule has 0 fully saturated rings. The molecule has 0 spiro atoms. The Hall–Kier alpha value is -1.53. The molecule has 6 heteroatoms. The number of hydrogen-bond acceptors (Lipinski definition) is 3. The molecule has 0 aliphatic heterocycles. The van der Waals surface area contributed by atoms with E-state index in [1.165, 1.54) is 0 Å². The van der Waals surface area contributed by atoms with Crippen LogP contribution in [0, 0.1) is 11.6 Å². The molecule has 2 N–H and O–H groups in total. The lowest BCUT2D eigenvalue weighted by Crippen LogP contribution is -2.32. The van der Waals surface area contributed by atoms with Crippen molar-refractivity contribution in [1.29, 1.82) is 0 Å². The van der Waals surface area contributed by atoms with Crippen LogP contribution in [0.3, 0.4) is 0 Å². The molecule has 0 bridgehead atoms. The van der Waals surface area contributed by atoms with Crippen LogP contribution in [0.1, 0.15) is 6.42 Å². The van der Waals surface area contributed by atoms with Gasteiger partial charge in [-0.1, -0.05) is 0 Å². The number of halogens is 2. The van der Waals surface area contributed by atoms with Crippen LogP contribution < -0.4 is 10.6 Å². The summed E-state index contributed by atoms with van der Waals surface area (Å²) >= 11 is 0. The summed E-state index contributed by atoms with van der Waals surface area (Å²) in [5, 5.41) is 5.49. The van der Waals surface area contributed by atoms with Crippen LogP contribution >= 0.6 is 0 Å². The second-order valence-electron chi connectivity index (χ2n) is 4.40. The first-order valence-electron chi connectivity index (χ1n) is 6.10. The molecule has 0 saturated carbocycles. The first-order chi connectivity index (χ1) is 9.01. The van der Waals surface area contributed by atoms with E-state index < -0.39 is 11.6 Å². The quantitative estimate of drug-likeness (QED) is 0.738. The summed E-state index contributed by atoms with van der Waals surface area (Å²) in [6, 6.07) is 2.93. The van der Waals surface area contributed by atoms with Crippen LogP contribution in [0.25, 0.3) is 0 Å². The van der Waals surface area contributed by atoms with Crippen molar-refractivity contribution >= 4 is 11.6 Å². The molecule has 106 valence electrons. The fourth-order valence-corrected chi connectivity index (χ4v) is 1.68. The summed E-state index contributed by atoms with van der Waals surface area (Å²) in [4.78, 5) is 13.5. The number of nitrogens with zero attached hydrogens (tertiary/aromatic N) is 1. The van der Waals surface area contributed by atoms with Crippen molar-refractivity contribution in [1.82, 2.24) is 10.2 Å². The number of anilines is 1. The number of hydrogen-bond donors (Lipinski definition) is 2. The Labute approximate surface area is 111 Å². The highest BCUT2D eigenvalue weighted by atomic mass is 19.1. The molecule has 0 saturated heterocycles. The fraction of sp³-hybridized carbons (Fsp3) is 0.462. The third kappa shape index (κ3) is 6.26. The van der Waals surface area contributed by atoms with Crippen molar-refractivity contribution in [2.45, 2.75) is 6.42 Å². The number of carbonyl (C=O) groups is 1. The van der Waals surface area contributed by atoms with Gasteiger partial charge < -0.3 is 10.6 Å². The standard InChI is InChI=1S/C13H19F2N3O/c1-16-4-3-5-18(2)9-13(19)17-12-7-10(14)6-11(15)8-12/h6-8,16H,3-5,9H2,1-2H3,(H,17,19). The van der Waals surface area contributed by atoms with Crippen molar-refractivity contribution in [2.24, 2.45) is 0 Å². The maximum Gasteiger partial charge on any atom is 0.238 e. The Balaban J connectivity index is 2.42. The van der Waals surface area contributed by atoms with Gasteiger partial charge in [-0.2, -0.15) is 0 Å². The average molecular weight is 271 g/mol. The Morgan fingerprint density at radius 1 is 1.26 bits per heavy atom. The average Bonchev–Trinajstić information content (AvgIpc) is 2.27. The molecule has 1 aromatic rings. The molecule has 0 aromatic heterocycles. The first kappa shape index (κ1) is 15.5. The maximum atomic E-state index is 12.9. The highest BCUT2D eigenvalue weighted by Gasteiger charge is 2.08. The highest BCUT2D eigenvalue weighted by Crippen LogP contribution is 2.12. The molecular weight excluding hydrogens is 252 g/mol. The minimum absolute atomic E-state index is 0.131. The fourth-order valence-electron chi connectivity index (χ4n) is 1.68.